The number of hydrogen-bond acceptors (Lipinski definition) is 5. The first-order valence-corrected chi connectivity index (χ1v) is 10.7. The average molecular weight is 436 g/mol. The van der Waals surface area contributed by atoms with Gasteiger partial charge in [-0.05, 0) is 23.8 Å². The molecule has 4 aromatic rings. The third-order valence-corrected chi connectivity index (χ3v) is 5.77. The van der Waals surface area contributed by atoms with E-state index in [1.807, 2.05) is 24.3 Å². The van der Waals surface area contributed by atoms with Crippen molar-refractivity contribution in [1.29, 1.82) is 0 Å². The van der Waals surface area contributed by atoms with E-state index in [1.165, 1.54) is 11.8 Å². The zero-order valence-electron chi connectivity index (χ0n) is 16.4. The molecule has 2 aromatic heterocycles. The quantitative estimate of drug-likeness (QED) is 0.248. The number of carboxylic acid groups (broad SMARTS) is 1. The first-order valence-electron chi connectivity index (χ1n) is 9.70. The van der Waals surface area contributed by atoms with Crippen LogP contribution in [0.1, 0.15) is 12.0 Å². The van der Waals surface area contributed by atoms with E-state index >= 15 is 0 Å². The number of hydrogen-bond donors (Lipinski definition) is 4. The van der Waals surface area contributed by atoms with E-state index in [4.69, 9.17) is 0 Å². The lowest BCUT2D eigenvalue weighted by Crippen LogP contribution is -2.42. The maximum atomic E-state index is 12.3. The van der Waals surface area contributed by atoms with Gasteiger partial charge in [0.2, 0.25) is 5.91 Å². The molecule has 0 radical (unpaired) electrons. The second-order valence-corrected chi connectivity index (χ2v) is 8.09. The summed E-state index contributed by atoms with van der Waals surface area (Å²) >= 11 is 1.24. The number of thioether (sulfide) groups is 1. The van der Waals surface area contributed by atoms with E-state index in [-0.39, 0.29) is 24.3 Å². The van der Waals surface area contributed by atoms with Gasteiger partial charge in [-0.15, -0.1) is 0 Å². The normalized spacial score (nSPS) is 12.1. The van der Waals surface area contributed by atoms with Gasteiger partial charge in [0.1, 0.15) is 6.04 Å². The van der Waals surface area contributed by atoms with Gasteiger partial charge >= 0.3 is 5.97 Å². The number of aromatic amines is 2. The standard InChI is InChI=1S/C22H20N4O4S/c27-19(9-10-31-22-25-17-8-4-2-6-15(17)20(28)26-22)24-18(21(29)30)11-13-12-23-16-7-3-1-5-14(13)16/h1-8,12,18,23H,9-11H2,(H,24,27)(H,29,30)(H,25,26,28)/t18-/m1/s1. The molecule has 0 aliphatic rings. The summed E-state index contributed by atoms with van der Waals surface area (Å²) in [6, 6.07) is 13.6. The van der Waals surface area contributed by atoms with Crippen LogP contribution < -0.4 is 10.9 Å². The highest BCUT2D eigenvalue weighted by Gasteiger charge is 2.21. The SMILES string of the molecule is O=C(CCSc1nc2ccccc2c(=O)[nH]1)N[C@H](Cc1c[nH]c2ccccc12)C(=O)O. The summed E-state index contributed by atoms with van der Waals surface area (Å²) in [7, 11) is 0. The molecule has 4 rings (SSSR count). The number of carbonyl (C=O) groups is 2. The Balaban J connectivity index is 1.35. The summed E-state index contributed by atoms with van der Waals surface area (Å²) in [6.07, 6.45) is 2.04. The molecule has 0 aliphatic carbocycles. The number of aliphatic carboxylic acids is 1. The van der Waals surface area contributed by atoms with Crippen LogP contribution in [0, 0.1) is 0 Å². The lowest BCUT2D eigenvalue weighted by molar-refractivity contribution is -0.141. The second kappa shape index (κ2) is 9.05. The van der Waals surface area contributed by atoms with Crippen LogP contribution >= 0.6 is 11.8 Å². The van der Waals surface area contributed by atoms with Gasteiger partial charge in [-0.3, -0.25) is 9.59 Å². The molecule has 9 heteroatoms. The molecule has 0 bridgehead atoms. The Morgan fingerprint density at radius 1 is 1.10 bits per heavy atom. The van der Waals surface area contributed by atoms with Gasteiger partial charge in [0, 0.05) is 35.7 Å². The number of carbonyl (C=O) groups excluding carboxylic acids is 1. The molecule has 0 saturated heterocycles. The average Bonchev–Trinajstić information content (AvgIpc) is 3.16. The molecule has 0 unspecified atom stereocenters. The molecule has 158 valence electrons. The van der Waals surface area contributed by atoms with Crippen molar-refractivity contribution in [2.45, 2.75) is 24.0 Å². The van der Waals surface area contributed by atoms with Crippen molar-refractivity contribution in [3.05, 3.63) is 70.6 Å². The van der Waals surface area contributed by atoms with Crippen molar-refractivity contribution in [2.24, 2.45) is 0 Å². The fourth-order valence-electron chi connectivity index (χ4n) is 3.36. The zero-order valence-corrected chi connectivity index (χ0v) is 17.2. The summed E-state index contributed by atoms with van der Waals surface area (Å²) in [5.74, 6) is -1.11. The highest BCUT2D eigenvalue weighted by Crippen LogP contribution is 2.19. The number of H-pyrrole nitrogens is 2. The lowest BCUT2D eigenvalue weighted by Gasteiger charge is -2.14. The highest BCUT2D eigenvalue weighted by molar-refractivity contribution is 7.99. The molecule has 31 heavy (non-hydrogen) atoms. The molecule has 1 atom stereocenters. The summed E-state index contributed by atoms with van der Waals surface area (Å²) < 4.78 is 0. The summed E-state index contributed by atoms with van der Waals surface area (Å²) in [5, 5.41) is 14.0. The molecular formula is C22H20N4O4S. The van der Waals surface area contributed by atoms with Crippen molar-refractivity contribution in [1.82, 2.24) is 20.3 Å². The Hall–Kier alpha value is -3.59. The van der Waals surface area contributed by atoms with E-state index in [9.17, 15) is 19.5 Å². The zero-order chi connectivity index (χ0) is 21.8. The number of nitrogens with zero attached hydrogens (tertiary/aromatic N) is 1. The number of benzene rings is 2. The minimum atomic E-state index is -1.09. The Morgan fingerprint density at radius 3 is 2.65 bits per heavy atom. The lowest BCUT2D eigenvalue weighted by atomic mass is 10.0. The molecule has 2 aromatic carbocycles. The van der Waals surface area contributed by atoms with Crippen molar-refractivity contribution in [3.8, 4) is 0 Å². The van der Waals surface area contributed by atoms with Crippen molar-refractivity contribution < 1.29 is 14.7 Å². The maximum Gasteiger partial charge on any atom is 0.326 e. The minimum absolute atomic E-state index is 0.0961. The van der Waals surface area contributed by atoms with Crippen LogP contribution in [-0.4, -0.2) is 43.7 Å². The number of nitrogens with one attached hydrogen (secondary N) is 3. The van der Waals surface area contributed by atoms with E-state index in [1.54, 1.807) is 30.5 Å². The minimum Gasteiger partial charge on any atom is -0.480 e. The number of aromatic nitrogens is 3. The Kier molecular flexibility index (Phi) is 6.03. The Bertz CT molecular complexity index is 1310. The molecular weight excluding hydrogens is 416 g/mol. The molecule has 4 N–H and O–H groups in total. The van der Waals surface area contributed by atoms with Gasteiger partial charge < -0.3 is 20.4 Å². The van der Waals surface area contributed by atoms with Gasteiger partial charge in [0.05, 0.1) is 10.9 Å². The highest BCUT2D eigenvalue weighted by atomic mass is 32.2. The van der Waals surface area contributed by atoms with Gasteiger partial charge in [0.25, 0.3) is 5.56 Å². The van der Waals surface area contributed by atoms with Crippen LogP contribution in [0.3, 0.4) is 0 Å². The molecule has 0 saturated carbocycles. The van der Waals surface area contributed by atoms with Crippen LogP contribution in [0.2, 0.25) is 0 Å². The van der Waals surface area contributed by atoms with Gasteiger partial charge in [-0.1, -0.05) is 42.1 Å². The van der Waals surface area contributed by atoms with Crippen LogP contribution in [0.15, 0.2) is 64.7 Å². The third kappa shape index (κ3) is 4.77. The van der Waals surface area contributed by atoms with E-state index < -0.39 is 12.0 Å². The molecule has 0 aliphatic heterocycles. The van der Waals surface area contributed by atoms with Crippen molar-refractivity contribution >= 4 is 45.4 Å². The third-order valence-electron chi connectivity index (χ3n) is 4.89. The monoisotopic (exact) mass is 436 g/mol. The van der Waals surface area contributed by atoms with Crippen LogP contribution in [0.5, 0.6) is 0 Å². The van der Waals surface area contributed by atoms with Gasteiger partial charge in [-0.25, -0.2) is 9.78 Å². The summed E-state index contributed by atoms with van der Waals surface area (Å²) in [6.45, 7) is 0. The van der Waals surface area contributed by atoms with Crippen molar-refractivity contribution in [3.63, 3.8) is 0 Å². The second-order valence-electron chi connectivity index (χ2n) is 7.01. The predicted octanol–water partition coefficient (Wildman–Crippen LogP) is 2.70. The number of rotatable bonds is 8. The number of para-hydroxylation sites is 2. The topological polar surface area (TPSA) is 128 Å². The number of fused-ring (bicyclic) bond motifs is 2. The fraction of sp³-hybridized carbons (Fsp3) is 0.182. The molecule has 0 spiro atoms. The van der Waals surface area contributed by atoms with Crippen LogP contribution in [-0.2, 0) is 16.0 Å². The molecule has 8 nitrogen and oxygen atoms in total. The first kappa shape index (κ1) is 20.7. The molecule has 2 heterocycles. The van der Waals surface area contributed by atoms with E-state index in [0.29, 0.717) is 21.8 Å². The summed E-state index contributed by atoms with van der Waals surface area (Å²) in [4.78, 5) is 46.3. The fourth-order valence-corrected chi connectivity index (χ4v) is 4.17. The van der Waals surface area contributed by atoms with Crippen LogP contribution in [0.25, 0.3) is 21.8 Å². The van der Waals surface area contributed by atoms with Crippen LogP contribution in [0.4, 0.5) is 0 Å². The largest absolute Gasteiger partial charge is 0.480 e. The van der Waals surface area contributed by atoms with E-state index in [2.05, 4.69) is 20.3 Å². The Labute approximate surface area is 181 Å². The predicted molar refractivity (Wildman–Crippen MR) is 119 cm³/mol. The summed E-state index contributed by atoms with van der Waals surface area (Å²) in [5.41, 5.74) is 2.10. The van der Waals surface area contributed by atoms with Crippen molar-refractivity contribution in [2.75, 3.05) is 5.75 Å². The molecule has 0 fully saturated rings. The maximum absolute atomic E-state index is 12.3. The smallest absolute Gasteiger partial charge is 0.326 e. The van der Waals surface area contributed by atoms with Gasteiger partial charge in [-0.2, -0.15) is 0 Å². The Morgan fingerprint density at radius 2 is 1.84 bits per heavy atom. The molecule has 1 amide bonds. The number of carboxylic acids is 1. The number of amides is 1. The van der Waals surface area contributed by atoms with E-state index in [0.717, 1.165) is 16.5 Å². The first-order chi connectivity index (χ1) is 15.0. The van der Waals surface area contributed by atoms with Gasteiger partial charge in [0.15, 0.2) is 5.16 Å².